The quantitative estimate of drug-likeness (QED) is 0.520. The molecule has 1 aromatic rings. The number of ether oxygens (including phenoxy) is 1. The summed E-state index contributed by atoms with van der Waals surface area (Å²) >= 11 is 0. The molecule has 0 amide bonds. The van der Waals surface area contributed by atoms with Crippen molar-refractivity contribution >= 4 is 12.4 Å². The normalized spacial score (nSPS) is 44.8. The Labute approximate surface area is 83.6 Å². The van der Waals surface area contributed by atoms with Gasteiger partial charge in [0.15, 0.2) is 0 Å². The van der Waals surface area contributed by atoms with E-state index in [9.17, 15) is 4.57 Å². The van der Waals surface area contributed by atoms with Gasteiger partial charge in [0.25, 0.3) is 0 Å². The van der Waals surface area contributed by atoms with E-state index in [1.165, 1.54) is 0 Å². The molecule has 0 bridgehead atoms. The summed E-state index contributed by atoms with van der Waals surface area (Å²) in [5, 5.41) is 1.03. The molecule has 74 valence electrons. The van der Waals surface area contributed by atoms with E-state index < -0.39 is 7.14 Å². The Balaban J connectivity index is 2.02. The van der Waals surface area contributed by atoms with E-state index in [0.29, 0.717) is 0 Å². The summed E-state index contributed by atoms with van der Waals surface area (Å²) in [5.41, 5.74) is 0.217. The molecule has 0 saturated carbocycles. The Bertz CT molecular complexity index is 401. The van der Waals surface area contributed by atoms with E-state index >= 15 is 0 Å². The van der Waals surface area contributed by atoms with Crippen molar-refractivity contribution < 1.29 is 9.30 Å². The Kier molecular flexibility index (Phi) is 1.68. The molecule has 2 aliphatic heterocycles. The zero-order valence-electron chi connectivity index (χ0n) is 8.09. The smallest absolute Gasteiger partial charge is 0.123 e. The maximum Gasteiger partial charge on any atom is 0.123 e. The molecule has 2 aliphatic rings. The van der Waals surface area contributed by atoms with Crippen LogP contribution in [0.25, 0.3) is 0 Å². The molecule has 4 atom stereocenters. The second-order valence-corrected chi connectivity index (χ2v) is 7.48. The number of benzene rings is 1. The Morgan fingerprint density at radius 2 is 2.07 bits per heavy atom. The maximum atomic E-state index is 12.7. The van der Waals surface area contributed by atoms with E-state index in [1.807, 2.05) is 30.3 Å². The molecule has 0 radical (unpaired) electrons. The van der Waals surface area contributed by atoms with E-state index in [0.717, 1.165) is 11.5 Å². The molecule has 3 rings (SSSR count). The molecular formula is C11H13O2P. The van der Waals surface area contributed by atoms with Gasteiger partial charge in [-0.05, 0) is 0 Å². The third kappa shape index (κ3) is 1.04. The summed E-state index contributed by atoms with van der Waals surface area (Å²) in [6.45, 7) is 2.06. The lowest BCUT2D eigenvalue weighted by Crippen LogP contribution is -2.16. The van der Waals surface area contributed by atoms with Crippen molar-refractivity contribution in [1.82, 2.24) is 0 Å². The van der Waals surface area contributed by atoms with E-state index in [4.69, 9.17) is 4.74 Å². The minimum Gasteiger partial charge on any atom is -0.368 e. The average Bonchev–Trinajstić information content (AvgIpc) is 2.92. The summed E-state index contributed by atoms with van der Waals surface area (Å²) < 4.78 is 18.1. The van der Waals surface area contributed by atoms with Crippen LogP contribution < -0.4 is 5.30 Å². The molecule has 0 spiro atoms. The second kappa shape index (κ2) is 2.71. The molecule has 2 heterocycles. The highest BCUT2D eigenvalue weighted by molar-refractivity contribution is 7.72. The van der Waals surface area contributed by atoms with Gasteiger partial charge in [-0.3, -0.25) is 0 Å². The minimum absolute atomic E-state index is 0.217. The third-order valence-electron chi connectivity index (χ3n) is 3.40. The monoisotopic (exact) mass is 208 g/mol. The fourth-order valence-electron chi connectivity index (χ4n) is 2.42. The van der Waals surface area contributed by atoms with Crippen molar-refractivity contribution in [2.75, 3.05) is 6.16 Å². The Morgan fingerprint density at radius 3 is 2.64 bits per heavy atom. The lowest BCUT2D eigenvalue weighted by Gasteiger charge is -2.19. The van der Waals surface area contributed by atoms with Gasteiger partial charge in [0.1, 0.15) is 7.14 Å². The second-order valence-electron chi connectivity index (χ2n) is 4.19. The zero-order valence-corrected chi connectivity index (χ0v) is 8.98. The first kappa shape index (κ1) is 8.70. The molecule has 3 heteroatoms. The molecule has 0 aromatic heterocycles. The van der Waals surface area contributed by atoms with Crippen LogP contribution in [0.2, 0.25) is 0 Å². The first-order valence-electron chi connectivity index (χ1n) is 5.01. The van der Waals surface area contributed by atoms with Crippen LogP contribution in [0.1, 0.15) is 6.92 Å². The van der Waals surface area contributed by atoms with E-state index in [-0.39, 0.29) is 17.9 Å². The minimum atomic E-state index is -2.14. The molecule has 2 saturated heterocycles. The van der Waals surface area contributed by atoms with Crippen LogP contribution in [0, 0.1) is 0 Å². The van der Waals surface area contributed by atoms with E-state index in [1.54, 1.807) is 0 Å². The van der Waals surface area contributed by atoms with Crippen LogP contribution in [0.4, 0.5) is 0 Å². The number of hydrogen-bond acceptors (Lipinski definition) is 2. The van der Waals surface area contributed by atoms with Crippen molar-refractivity contribution in [1.29, 1.82) is 0 Å². The summed E-state index contributed by atoms with van der Waals surface area (Å²) in [6.07, 6.45) is 1.32. The van der Waals surface area contributed by atoms with Crippen LogP contribution in [-0.2, 0) is 9.30 Å². The first-order chi connectivity index (χ1) is 6.72. The van der Waals surface area contributed by atoms with Gasteiger partial charge in [-0.1, -0.05) is 37.3 Å². The predicted molar refractivity (Wildman–Crippen MR) is 56.7 cm³/mol. The standard InChI is InChI=1S/C11H13O2P/c1-8-11-10(13-11)7-14(8,12)9-5-3-2-4-6-9/h2-6,8,10-11H,7H2,1H3/t8?,10-,11+,14?/m1/s1. The molecule has 2 nitrogen and oxygen atoms in total. The Hall–Kier alpha value is -0.590. The summed E-state index contributed by atoms with van der Waals surface area (Å²) in [7, 11) is -2.14. The third-order valence-corrected chi connectivity index (χ3v) is 7.08. The first-order valence-corrected chi connectivity index (χ1v) is 6.98. The van der Waals surface area contributed by atoms with Crippen LogP contribution >= 0.6 is 7.14 Å². The topological polar surface area (TPSA) is 29.6 Å². The van der Waals surface area contributed by atoms with Gasteiger partial charge < -0.3 is 9.30 Å². The van der Waals surface area contributed by atoms with E-state index in [2.05, 4.69) is 6.92 Å². The van der Waals surface area contributed by atoms with Crippen LogP contribution in [0.5, 0.6) is 0 Å². The SMILES string of the molecule is CC1[C@@H]2O[C@@H]2CP1(=O)c1ccccc1. The van der Waals surface area contributed by atoms with Crippen LogP contribution in [-0.4, -0.2) is 24.0 Å². The van der Waals surface area contributed by atoms with Crippen molar-refractivity contribution in [3.05, 3.63) is 30.3 Å². The fourth-order valence-corrected chi connectivity index (χ4v) is 5.68. The summed E-state index contributed by atoms with van der Waals surface area (Å²) in [6, 6.07) is 9.87. The molecule has 2 fully saturated rings. The van der Waals surface area contributed by atoms with Gasteiger partial charge in [0.05, 0.1) is 12.2 Å². The molecule has 0 N–H and O–H groups in total. The predicted octanol–water partition coefficient (Wildman–Crippen LogP) is 1.84. The average molecular weight is 208 g/mol. The number of hydrogen-bond donors (Lipinski definition) is 0. The van der Waals surface area contributed by atoms with Gasteiger partial charge in [0.2, 0.25) is 0 Å². The molecule has 2 unspecified atom stereocenters. The molecule has 14 heavy (non-hydrogen) atoms. The highest BCUT2D eigenvalue weighted by Crippen LogP contribution is 2.63. The highest BCUT2D eigenvalue weighted by Gasteiger charge is 2.59. The van der Waals surface area contributed by atoms with Crippen molar-refractivity contribution in [3.63, 3.8) is 0 Å². The highest BCUT2D eigenvalue weighted by atomic mass is 31.2. The zero-order chi connectivity index (χ0) is 9.76. The molecular weight excluding hydrogens is 195 g/mol. The molecule has 1 aromatic carbocycles. The lowest BCUT2D eigenvalue weighted by molar-refractivity contribution is 0.364. The lowest BCUT2D eigenvalue weighted by atomic mass is 10.3. The van der Waals surface area contributed by atoms with Gasteiger partial charge in [0, 0.05) is 17.1 Å². The van der Waals surface area contributed by atoms with Crippen molar-refractivity contribution in [2.45, 2.75) is 24.8 Å². The maximum absolute atomic E-state index is 12.7. The number of rotatable bonds is 1. The fraction of sp³-hybridized carbons (Fsp3) is 0.455. The number of epoxide rings is 1. The largest absolute Gasteiger partial charge is 0.368 e. The van der Waals surface area contributed by atoms with Gasteiger partial charge >= 0.3 is 0 Å². The Morgan fingerprint density at radius 1 is 1.36 bits per heavy atom. The van der Waals surface area contributed by atoms with Crippen LogP contribution in [0.15, 0.2) is 30.3 Å². The number of fused-ring (bicyclic) bond motifs is 1. The van der Waals surface area contributed by atoms with Gasteiger partial charge in [-0.15, -0.1) is 0 Å². The van der Waals surface area contributed by atoms with Crippen LogP contribution in [0.3, 0.4) is 0 Å². The van der Waals surface area contributed by atoms with Gasteiger partial charge in [-0.25, -0.2) is 0 Å². The van der Waals surface area contributed by atoms with Crippen molar-refractivity contribution in [3.8, 4) is 0 Å². The summed E-state index contributed by atoms with van der Waals surface area (Å²) in [4.78, 5) is 0. The summed E-state index contributed by atoms with van der Waals surface area (Å²) in [5.74, 6) is 0. The molecule has 0 aliphatic carbocycles. The van der Waals surface area contributed by atoms with Gasteiger partial charge in [-0.2, -0.15) is 0 Å². The van der Waals surface area contributed by atoms with Crippen molar-refractivity contribution in [2.24, 2.45) is 0 Å².